The molecule has 88 valence electrons. The largest absolute Gasteiger partial charge is 0.397 e. The van der Waals surface area contributed by atoms with E-state index in [0.29, 0.717) is 22.9 Å². The molecule has 17 heavy (non-hydrogen) atoms. The van der Waals surface area contributed by atoms with Crippen molar-refractivity contribution in [1.82, 2.24) is 10.2 Å². The Hall–Kier alpha value is -2.37. The predicted molar refractivity (Wildman–Crippen MR) is 67.5 cm³/mol. The van der Waals surface area contributed by atoms with E-state index in [0.717, 1.165) is 11.3 Å². The molecule has 1 heterocycles. The van der Waals surface area contributed by atoms with E-state index in [2.05, 4.69) is 20.4 Å². The van der Waals surface area contributed by atoms with Gasteiger partial charge in [0.1, 0.15) is 0 Å². The third-order valence-electron chi connectivity index (χ3n) is 2.47. The average Bonchev–Trinajstić information content (AvgIpc) is 2.71. The molecule has 0 saturated carbocycles. The summed E-state index contributed by atoms with van der Waals surface area (Å²) in [5.41, 5.74) is 15.0. The average molecular weight is 230 g/mol. The first-order chi connectivity index (χ1) is 8.08. The van der Waals surface area contributed by atoms with Crippen LogP contribution in [0.3, 0.4) is 0 Å². The number of rotatable bonds is 2. The molecule has 0 radical (unpaired) electrons. The highest BCUT2D eigenvalue weighted by molar-refractivity contribution is 5.73. The number of benzene rings is 1. The third-order valence-corrected chi connectivity index (χ3v) is 2.47. The van der Waals surface area contributed by atoms with Crippen molar-refractivity contribution in [1.29, 1.82) is 0 Å². The number of hydrogen-bond donors (Lipinski definition) is 3. The maximum absolute atomic E-state index is 5.81. The summed E-state index contributed by atoms with van der Waals surface area (Å²) in [5.74, 6) is 0.539. The van der Waals surface area contributed by atoms with Gasteiger partial charge in [-0.05, 0) is 26.0 Å². The van der Waals surface area contributed by atoms with Crippen molar-refractivity contribution >= 4 is 22.9 Å². The molecule has 2 aromatic rings. The number of nitrogens with one attached hydrogen (secondary N) is 1. The lowest BCUT2D eigenvalue weighted by Crippen LogP contribution is -1.96. The van der Waals surface area contributed by atoms with Gasteiger partial charge < -0.3 is 11.5 Å². The van der Waals surface area contributed by atoms with Crippen LogP contribution in [-0.2, 0) is 0 Å². The molecule has 0 atom stereocenters. The number of H-pyrrole nitrogens is 1. The standard InChI is InChI=1S/C11H14N6/c1-6-5-10(16-14-6)17-15-9-4-3-8(12)11(13)7(9)2/h3-5H,12-13H2,1-2H3,(H,14,16). The van der Waals surface area contributed by atoms with Crippen LogP contribution in [0.4, 0.5) is 22.9 Å². The van der Waals surface area contributed by atoms with Crippen molar-refractivity contribution in [2.45, 2.75) is 13.8 Å². The van der Waals surface area contributed by atoms with Crippen LogP contribution in [0.2, 0.25) is 0 Å². The van der Waals surface area contributed by atoms with Crippen LogP contribution in [0.5, 0.6) is 0 Å². The fraction of sp³-hybridized carbons (Fsp3) is 0.182. The lowest BCUT2D eigenvalue weighted by Gasteiger charge is -2.05. The number of nitrogens with two attached hydrogens (primary N) is 2. The normalized spacial score (nSPS) is 11.2. The summed E-state index contributed by atoms with van der Waals surface area (Å²) in [6.07, 6.45) is 0. The molecular formula is C11H14N6. The number of anilines is 2. The second-order valence-corrected chi connectivity index (χ2v) is 3.82. The van der Waals surface area contributed by atoms with E-state index in [1.165, 1.54) is 0 Å². The van der Waals surface area contributed by atoms with Crippen molar-refractivity contribution in [2.75, 3.05) is 11.5 Å². The minimum absolute atomic E-state index is 0.539. The lowest BCUT2D eigenvalue weighted by atomic mass is 10.1. The summed E-state index contributed by atoms with van der Waals surface area (Å²) < 4.78 is 0. The van der Waals surface area contributed by atoms with Crippen LogP contribution in [0.15, 0.2) is 28.4 Å². The predicted octanol–water partition coefficient (Wildman–Crippen LogP) is 2.61. The fourth-order valence-corrected chi connectivity index (χ4v) is 1.41. The lowest BCUT2D eigenvalue weighted by molar-refractivity contribution is 1.03. The van der Waals surface area contributed by atoms with Gasteiger partial charge in [0.05, 0.1) is 17.1 Å². The van der Waals surface area contributed by atoms with E-state index in [4.69, 9.17) is 11.5 Å². The Bertz CT molecular complexity index is 569. The van der Waals surface area contributed by atoms with Gasteiger partial charge in [-0.1, -0.05) is 0 Å². The summed E-state index contributed by atoms with van der Waals surface area (Å²) >= 11 is 0. The van der Waals surface area contributed by atoms with Gasteiger partial charge >= 0.3 is 0 Å². The molecule has 6 heteroatoms. The number of aromatic nitrogens is 2. The van der Waals surface area contributed by atoms with E-state index in [1.807, 2.05) is 13.8 Å². The Morgan fingerprint density at radius 1 is 1.18 bits per heavy atom. The molecule has 0 aliphatic carbocycles. The van der Waals surface area contributed by atoms with Crippen molar-refractivity contribution in [2.24, 2.45) is 10.2 Å². The number of aromatic amines is 1. The monoisotopic (exact) mass is 230 g/mol. The van der Waals surface area contributed by atoms with Gasteiger partial charge in [-0.2, -0.15) is 5.10 Å². The highest BCUT2D eigenvalue weighted by Crippen LogP contribution is 2.29. The first-order valence-corrected chi connectivity index (χ1v) is 5.16. The summed E-state index contributed by atoms with van der Waals surface area (Å²) in [5, 5.41) is 14.9. The second-order valence-electron chi connectivity index (χ2n) is 3.82. The van der Waals surface area contributed by atoms with Crippen molar-refractivity contribution in [3.8, 4) is 0 Å². The Balaban J connectivity index is 2.30. The summed E-state index contributed by atoms with van der Waals surface area (Å²) in [6.45, 7) is 3.76. The molecule has 1 aromatic heterocycles. The molecule has 0 aliphatic rings. The van der Waals surface area contributed by atoms with Crippen molar-refractivity contribution in [3.05, 3.63) is 29.5 Å². The number of aryl methyl sites for hydroxylation is 1. The molecule has 2 rings (SSSR count). The smallest absolute Gasteiger partial charge is 0.195 e. The van der Waals surface area contributed by atoms with Gasteiger partial charge in [-0.15, -0.1) is 10.2 Å². The highest BCUT2D eigenvalue weighted by Gasteiger charge is 2.04. The molecule has 0 spiro atoms. The SMILES string of the molecule is Cc1cc(N=Nc2ccc(N)c(N)c2C)n[nH]1. The molecule has 0 saturated heterocycles. The molecule has 0 unspecified atom stereocenters. The molecule has 0 amide bonds. The van der Waals surface area contributed by atoms with E-state index < -0.39 is 0 Å². The summed E-state index contributed by atoms with van der Waals surface area (Å²) in [7, 11) is 0. The fourth-order valence-electron chi connectivity index (χ4n) is 1.41. The Kier molecular flexibility index (Phi) is 2.78. The minimum atomic E-state index is 0.539. The zero-order chi connectivity index (χ0) is 12.4. The van der Waals surface area contributed by atoms with Crippen LogP contribution >= 0.6 is 0 Å². The van der Waals surface area contributed by atoms with Crippen LogP contribution in [0.25, 0.3) is 0 Å². The van der Waals surface area contributed by atoms with Crippen LogP contribution < -0.4 is 11.5 Å². The van der Waals surface area contributed by atoms with Crippen LogP contribution in [0.1, 0.15) is 11.3 Å². The number of nitrogens with zero attached hydrogens (tertiary/aromatic N) is 3. The zero-order valence-corrected chi connectivity index (χ0v) is 9.73. The topological polar surface area (TPSA) is 105 Å². The van der Waals surface area contributed by atoms with E-state index in [1.54, 1.807) is 18.2 Å². The Labute approximate surface area is 98.7 Å². The Morgan fingerprint density at radius 3 is 2.59 bits per heavy atom. The molecule has 0 aliphatic heterocycles. The van der Waals surface area contributed by atoms with Crippen molar-refractivity contribution in [3.63, 3.8) is 0 Å². The summed E-state index contributed by atoms with van der Waals surface area (Å²) in [4.78, 5) is 0. The maximum atomic E-state index is 5.81. The highest BCUT2D eigenvalue weighted by atomic mass is 15.2. The maximum Gasteiger partial charge on any atom is 0.195 e. The van der Waals surface area contributed by atoms with Gasteiger partial charge in [0.25, 0.3) is 0 Å². The van der Waals surface area contributed by atoms with Crippen molar-refractivity contribution < 1.29 is 0 Å². The van der Waals surface area contributed by atoms with E-state index >= 15 is 0 Å². The van der Waals surface area contributed by atoms with Gasteiger partial charge in [-0.25, -0.2) is 0 Å². The minimum Gasteiger partial charge on any atom is -0.397 e. The first kappa shape index (κ1) is 11.1. The van der Waals surface area contributed by atoms with Gasteiger partial charge in [0.15, 0.2) is 5.82 Å². The number of azo groups is 1. The third kappa shape index (κ3) is 2.25. The molecule has 0 bridgehead atoms. The quantitative estimate of drug-likeness (QED) is 0.545. The van der Waals surface area contributed by atoms with Gasteiger partial charge in [0, 0.05) is 17.3 Å². The molecule has 0 fully saturated rings. The van der Waals surface area contributed by atoms with Crippen LogP contribution in [0, 0.1) is 13.8 Å². The zero-order valence-electron chi connectivity index (χ0n) is 9.73. The number of nitrogen functional groups attached to an aromatic ring is 2. The molecule has 5 N–H and O–H groups in total. The van der Waals surface area contributed by atoms with E-state index in [9.17, 15) is 0 Å². The molecular weight excluding hydrogens is 216 g/mol. The van der Waals surface area contributed by atoms with E-state index in [-0.39, 0.29) is 0 Å². The summed E-state index contributed by atoms with van der Waals surface area (Å²) in [6, 6.07) is 5.30. The second kappa shape index (κ2) is 4.25. The molecule has 1 aromatic carbocycles. The van der Waals surface area contributed by atoms with Gasteiger partial charge in [-0.3, -0.25) is 5.10 Å². The molecule has 6 nitrogen and oxygen atoms in total. The van der Waals surface area contributed by atoms with Crippen LogP contribution in [-0.4, -0.2) is 10.2 Å². The number of hydrogen-bond acceptors (Lipinski definition) is 5. The van der Waals surface area contributed by atoms with Gasteiger partial charge in [0.2, 0.25) is 0 Å². The Morgan fingerprint density at radius 2 is 1.94 bits per heavy atom. The first-order valence-electron chi connectivity index (χ1n) is 5.16.